The molecule has 0 bridgehead atoms. The molecule has 39 heavy (non-hydrogen) atoms. The molecule has 3 rings (SSSR count). The molecule has 2 aliphatic rings. The number of carbonyl (C=O) groups excluding carboxylic acids is 3. The van der Waals surface area contributed by atoms with Crippen molar-refractivity contribution in [3.05, 3.63) is 59.1 Å². The largest absolute Gasteiger partial charge is 0.350 e. The Kier molecular flexibility index (Phi) is 9.72. The molecule has 2 heterocycles. The van der Waals surface area contributed by atoms with E-state index in [0.717, 1.165) is 41.0 Å². The van der Waals surface area contributed by atoms with Gasteiger partial charge in [-0.1, -0.05) is 58.2 Å². The summed E-state index contributed by atoms with van der Waals surface area (Å²) >= 11 is 1.55. The van der Waals surface area contributed by atoms with Gasteiger partial charge in [0.15, 0.2) is 0 Å². The first-order valence-corrected chi connectivity index (χ1v) is 14.4. The lowest BCUT2D eigenvalue weighted by atomic mass is 9.85. The van der Waals surface area contributed by atoms with Crippen molar-refractivity contribution in [3.8, 4) is 0 Å². The third-order valence-electron chi connectivity index (χ3n) is 7.66. The number of carbonyl (C=O) groups is 3. The highest BCUT2D eigenvalue weighted by molar-refractivity contribution is 7.11. The van der Waals surface area contributed by atoms with Gasteiger partial charge in [0.2, 0.25) is 17.7 Å². The van der Waals surface area contributed by atoms with E-state index < -0.39 is 23.0 Å². The molecule has 1 aromatic heterocycles. The van der Waals surface area contributed by atoms with E-state index in [1.807, 2.05) is 58.8 Å². The van der Waals surface area contributed by atoms with Crippen LogP contribution in [0.2, 0.25) is 0 Å². The van der Waals surface area contributed by atoms with Crippen molar-refractivity contribution in [2.24, 2.45) is 5.41 Å². The first kappa shape index (κ1) is 30.5. The molecule has 1 aliphatic carbocycles. The predicted octanol–water partition coefficient (Wildman–Crippen LogP) is 3.87. The molecule has 3 amide bonds. The van der Waals surface area contributed by atoms with E-state index in [-0.39, 0.29) is 24.3 Å². The van der Waals surface area contributed by atoms with Gasteiger partial charge in [-0.2, -0.15) is 0 Å². The van der Waals surface area contributed by atoms with E-state index in [0.29, 0.717) is 13.0 Å². The van der Waals surface area contributed by atoms with E-state index in [2.05, 4.69) is 28.8 Å². The zero-order valence-electron chi connectivity index (χ0n) is 24.2. The van der Waals surface area contributed by atoms with Gasteiger partial charge in [0, 0.05) is 13.1 Å². The van der Waals surface area contributed by atoms with Crippen LogP contribution in [0.1, 0.15) is 57.0 Å². The first-order chi connectivity index (χ1) is 18.4. The zero-order chi connectivity index (χ0) is 29.0. The fourth-order valence-corrected chi connectivity index (χ4v) is 5.72. The highest BCUT2D eigenvalue weighted by atomic mass is 32.1. The molecule has 1 aromatic rings. The van der Waals surface area contributed by atoms with Gasteiger partial charge < -0.3 is 15.5 Å². The van der Waals surface area contributed by atoms with E-state index >= 15 is 0 Å². The Bertz CT molecular complexity index is 1170. The van der Waals surface area contributed by atoms with Crippen LogP contribution in [0.25, 0.3) is 5.57 Å². The van der Waals surface area contributed by atoms with Gasteiger partial charge >= 0.3 is 0 Å². The maximum absolute atomic E-state index is 13.8. The lowest BCUT2D eigenvalue weighted by Gasteiger charge is -2.37. The highest BCUT2D eigenvalue weighted by Gasteiger charge is 2.53. The average Bonchev–Trinajstić information content (AvgIpc) is 3.37. The van der Waals surface area contributed by atoms with Crippen LogP contribution in [-0.4, -0.2) is 77.3 Å². The van der Waals surface area contributed by atoms with E-state index in [9.17, 15) is 14.4 Å². The number of rotatable bonds is 11. The molecular formula is C30H43N5O3S. The number of thiazole rings is 1. The summed E-state index contributed by atoms with van der Waals surface area (Å²) < 4.78 is 0. The normalized spacial score (nSPS) is 20.0. The Labute approximate surface area is 236 Å². The van der Waals surface area contributed by atoms with Crippen LogP contribution in [0.4, 0.5) is 0 Å². The van der Waals surface area contributed by atoms with E-state index in [4.69, 9.17) is 0 Å². The van der Waals surface area contributed by atoms with Gasteiger partial charge in [-0.05, 0) is 63.3 Å². The SMILES string of the molecule is C=C/C(=C\C=C(/C=C)c1scnc1C)CNC(=O)[C@@H]1CCCN1C(=O)C(NC(=O)C1(N(C)C)CC1)C(C)(C)C. The van der Waals surface area contributed by atoms with Crippen LogP contribution < -0.4 is 10.6 Å². The van der Waals surface area contributed by atoms with Gasteiger partial charge in [0.25, 0.3) is 0 Å². The van der Waals surface area contributed by atoms with E-state index in [1.54, 1.807) is 33.9 Å². The van der Waals surface area contributed by atoms with Crippen LogP contribution in [0.15, 0.2) is 48.5 Å². The summed E-state index contributed by atoms with van der Waals surface area (Å²) in [4.78, 5) is 49.1. The molecule has 8 nitrogen and oxygen atoms in total. The predicted molar refractivity (Wildman–Crippen MR) is 158 cm³/mol. The number of aryl methyl sites for hydroxylation is 1. The van der Waals surface area contributed by atoms with Gasteiger partial charge in [-0.15, -0.1) is 11.3 Å². The fraction of sp³-hybridized carbons (Fsp3) is 0.533. The van der Waals surface area contributed by atoms with Crippen molar-refractivity contribution >= 4 is 34.6 Å². The molecule has 1 unspecified atom stereocenters. The summed E-state index contributed by atoms with van der Waals surface area (Å²) in [6, 6.07) is -1.30. The minimum Gasteiger partial charge on any atom is -0.350 e. The van der Waals surface area contributed by atoms with Gasteiger partial charge in [0.05, 0.1) is 21.6 Å². The molecule has 2 atom stereocenters. The summed E-state index contributed by atoms with van der Waals surface area (Å²) in [7, 11) is 3.78. The maximum atomic E-state index is 13.8. The van der Waals surface area contributed by atoms with E-state index in [1.165, 1.54) is 0 Å². The summed E-state index contributed by atoms with van der Waals surface area (Å²) in [5.74, 6) is -0.533. The lowest BCUT2D eigenvalue weighted by molar-refractivity contribution is -0.144. The molecule has 1 saturated heterocycles. The first-order valence-electron chi connectivity index (χ1n) is 13.5. The second kappa shape index (κ2) is 12.4. The number of amides is 3. The Morgan fingerprint density at radius 2 is 1.92 bits per heavy atom. The number of allylic oxidation sites excluding steroid dienone is 4. The van der Waals surface area contributed by atoms with Crippen LogP contribution in [-0.2, 0) is 14.4 Å². The van der Waals surface area contributed by atoms with Crippen LogP contribution in [0.3, 0.4) is 0 Å². The lowest BCUT2D eigenvalue weighted by Crippen LogP contribution is -2.60. The highest BCUT2D eigenvalue weighted by Crippen LogP contribution is 2.41. The molecular weight excluding hydrogens is 510 g/mol. The second-order valence-electron chi connectivity index (χ2n) is 11.6. The van der Waals surface area contributed by atoms with Gasteiger partial charge in [-0.25, -0.2) is 4.98 Å². The Morgan fingerprint density at radius 1 is 1.23 bits per heavy atom. The number of hydrogen-bond acceptors (Lipinski definition) is 6. The Hall–Kier alpha value is -3.04. The fourth-order valence-electron chi connectivity index (χ4n) is 4.90. The summed E-state index contributed by atoms with van der Waals surface area (Å²) in [5, 5.41) is 6.03. The van der Waals surface area contributed by atoms with Crippen molar-refractivity contribution in [2.45, 2.75) is 71.0 Å². The Morgan fingerprint density at radius 3 is 2.44 bits per heavy atom. The smallest absolute Gasteiger partial charge is 0.246 e. The van der Waals surface area contributed by atoms with Crippen LogP contribution in [0.5, 0.6) is 0 Å². The number of nitrogens with one attached hydrogen (secondary N) is 2. The van der Waals surface area contributed by atoms with Crippen molar-refractivity contribution in [3.63, 3.8) is 0 Å². The topological polar surface area (TPSA) is 94.6 Å². The molecule has 1 aliphatic heterocycles. The minimum absolute atomic E-state index is 0.123. The maximum Gasteiger partial charge on any atom is 0.246 e. The molecule has 2 N–H and O–H groups in total. The van der Waals surface area contributed by atoms with Crippen LogP contribution >= 0.6 is 11.3 Å². The number of nitrogens with zero attached hydrogens (tertiary/aromatic N) is 3. The quantitative estimate of drug-likeness (QED) is 0.406. The molecule has 1 saturated carbocycles. The third-order valence-corrected chi connectivity index (χ3v) is 8.64. The molecule has 212 valence electrons. The summed E-state index contributed by atoms with van der Waals surface area (Å²) in [6.45, 7) is 16.3. The molecule has 0 radical (unpaired) electrons. The molecule has 0 spiro atoms. The second-order valence-corrected chi connectivity index (χ2v) is 12.5. The number of likely N-dealkylation sites (tertiary alicyclic amines) is 1. The number of likely N-dealkylation sites (N-methyl/N-ethyl adjacent to an activating group) is 1. The monoisotopic (exact) mass is 553 g/mol. The van der Waals surface area contributed by atoms with Gasteiger partial charge in [0.1, 0.15) is 12.1 Å². The van der Waals surface area contributed by atoms with Crippen molar-refractivity contribution in [1.82, 2.24) is 25.4 Å². The Balaban J connectivity index is 1.69. The number of aromatic nitrogens is 1. The van der Waals surface area contributed by atoms with Crippen molar-refractivity contribution in [1.29, 1.82) is 0 Å². The summed E-state index contributed by atoms with van der Waals surface area (Å²) in [5.41, 5.74) is 3.47. The van der Waals surface area contributed by atoms with Crippen LogP contribution in [0, 0.1) is 12.3 Å². The minimum atomic E-state index is -0.725. The molecule has 9 heteroatoms. The summed E-state index contributed by atoms with van der Waals surface area (Å²) in [6.07, 6.45) is 10.2. The standard InChI is InChI=1S/C30H43N5O3S/c1-9-21(13-14-22(10-2)24-20(3)32-19-39-24)18-31-26(36)23-12-11-17-35(23)27(37)25(29(4,5)6)33-28(38)30(15-16-30)34(7)8/h9-10,13-14,19,23,25H,1-2,11-12,15-18H2,3-8H3,(H,31,36)(H,33,38)/b21-13+,22-14+/t23-,25?/m0/s1. The molecule has 2 fully saturated rings. The number of hydrogen-bond donors (Lipinski definition) is 2. The van der Waals surface area contributed by atoms with Crippen molar-refractivity contribution < 1.29 is 14.4 Å². The zero-order valence-corrected chi connectivity index (χ0v) is 25.0. The third kappa shape index (κ3) is 6.94. The van der Waals surface area contributed by atoms with Gasteiger partial charge in [-0.3, -0.25) is 19.3 Å². The van der Waals surface area contributed by atoms with Crippen molar-refractivity contribution in [2.75, 3.05) is 27.2 Å². The average molecular weight is 554 g/mol. The molecule has 0 aromatic carbocycles.